The molecule has 1 nitrogen and oxygen atoms in total. The highest BCUT2D eigenvalue weighted by Gasteiger charge is 2.19. The highest BCUT2D eigenvalue weighted by atomic mass is 31.1. The molecule has 0 aromatic heterocycles. The van der Waals surface area contributed by atoms with Gasteiger partial charge in [-0.2, -0.15) is 0 Å². The van der Waals surface area contributed by atoms with Gasteiger partial charge < -0.3 is 4.52 Å². The Hall–Kier alpha value is -0.0500. The fourth-order valence-electron chi connectivity index (χ4n) is 0.734. The molecule has 1 fully saturated rings. The van der Waals surface area contributed by atoms with E-state index in [0.29, 0.717) is 5.92 Å². The predicted octanol–water partition coefficient (Wildman–Crippen LogP) is 1.29. The molecule has 8 heavy (non-hydrogen) atoms. The largest absolute Gasteiger partial charge is 0.358 e. The maximum atomic E-state index is 5.28. The Kier molecular flexibility index (Phi) is 1.89. The van der Waals surface area contributed by atoms with Crippen LogP contribution < -0.4 is 0 Å². The third kappa shape index (κ3) is 1.22. The number of hydrogen-bond acceptors (Lipinski definition) is 1. The first-order valence-electron chi connectivity index (χ1n) is 2.63. The summed E-state index contributed by atoms with van der Waals surface area (Å²) < 4.78 is 5.28. The molecule has 44 valence electrons. The van der Waals surface area contributed by atoms with E-state index in [1.165, 1.54) is 0 Å². The second-order valence-corrected chi connectivity index (χ2v) is 3.85. The van der Waals surface area contributed by atoms with Gasteiger partial charge in [0.25, 0.3) is 0 Å². The average Bonchev–Trinajstić information content (AvgIpc) is 2.14. The first-order chi connectivity index (χ1) is 3.83. The molecule has 0 aliphatic carbocycles. The minimum absolute atomic E-state index is 0.153. The molecule has 0 saturated carbocycles. The van der Waals surface area contributed by atoms with Crippen molar-refractivity contribution in [2.24, 2.45) is 5.92 Å². The van der Waals surface area contributed by atoms with Crippen molar-refractivity contribution in [2.75, 3.05) is 19.4 Å². The van der Waals surface area contributed by atoms with E-state index in [-0.39, 0.29) is 8.15 Å². The monoisotopic (exact) mass is 128 g/mol. The van der Waals surface area contributed by atoms with E-state index < -0.39 is 0 Å². The van der Waals surface area contributed by atoms with Crippen LogP contribution in [-0.4, -0.2) is 19.4 Å². The van der Waals surface area contributed by atoms with E-state index in [9.17, 15) is 0 Å². The minimum atomic E-state index is -0.153. The molecule has 0 bridgehead atoms. The van der Waals surface area contributed by atoms with Gasteiger partial charge in [0, 0.05) is 20.2 Å². The Bertz CT molecular complexity index is 116. The third-order valence-electron chi connectivity index (χ3n) is 1.21. The molecule has 1 saturated heterocycles. The van der Waals surface area contributed by atoms with Crippen LogP contribution in [0.15, 0.2) is 0 Å². The van der Waals surface area contributed by atoms with Gasteiger partial charge in [0.2, 0.25) is 0 Å². The summed E-state index contributed by atoms with van der Waals surface area (Å²) in [5, 5.41) is 0. The lowest BCUT2D eigenvalue weighted by molar-refractivity contribution is 0.362. The Balaban J connectivity index is 2.35. The molecule has 0 N–H and O–H groups in total. The van der Waals surface area contributed by atoms with Crippen LogP contribution in [0.25, 0.3) is 0 Å². The van der Waals surface area contributed by atoms with Crippen molar-refractivity contribution in [1.82, 2.24) is 0 Å². The Morgan fingerprint density at radius 1 is 1.88 bits per heavy atom. The fourth-order valence-corrected chi connectivity index (χ4v) is 2.11. The zero-order valence-corrected chi connectivity index (χ0v) is 5.82. The second kappa shape index (κ2) is 2.49. The molecule has 2 heteroatoms. The quantitative estimate of drug-likeness (QED) is 0.353. The molecule has 2 atom stereocenters. The lowest BCUT2D eigenvalue weighted by Gasteiger charge is -1.94. The minimum Gasteiger partial charge on any atom is -0.358 e. The van der Waals surface area contributed by atoms with E-state index in [1.807, 2.05) is 0 Å². The number of hydrogen-bond donors (Lipinski definition) is 0. The van der Waals surface area contributed by atoms with E-state index in [4.69, 9.17) is 10.9 Å². The maximum Gasteiger partial charge on any atom is 0.0650 e. The molecule has 1 rings (SSSR count). The summed E-state index contributed by atoms with van der Waals surface area (Å²) in [5.74, 6) is 3.09. The fraction of sp³-hybridized carbons (Fsp3) is 0.667. The Labute approximate surface area is 51.3 Å². The lowest BCUT2D eigenvalue weighted by Crippen LogP contribution is -1.96. The van der Waals surface area contributed by atoms with Crippen molar-refractivity contribution in [2.45, 2.75) is 0 Å². The predicted molar refractivity (Wildman–Crippen MR) is 36.0 cm³/mol. The smallest absolute Gasteiger partial charge is 0.0650 e. The Morgan fingerprint density at radius 2 is 2.62 bits per heavy atom. The maximum absolute atomic E-state index is 5.28. The van der Waals surface area contributed by atoms with Crippen molar-refractivity contribution in [3.8, 4) is 12.3 Å². The first kappa shape index (κ1) is 6.08. The molecule has 1 aliphatic rings. The van der Waals surface area contributed by atoms with Crippen molar-refractivity contribution in [3.05, 3.63) is 0 Å². The third-order valence-corrected chi connectivity index (χ3v) is 2.75. The molecular weight excluding hydrogens is 119 g/mol. The summed E-state index contributed by atoms with van der Waals surface area (Å²) in [4.78, 5) is 0. The lowest BCUT2D eigenvalue weighted by atomic mass is 10.2. The van der Waals surface area contributed by atoms with Crippen LogP contribution in [0.2, 0.25) is 0 Å². The van der Waals surface area contributed by atoms with Gasteiger partial charge in [-0.1, -0.05) is 0 Å². The van der Waals surface area contributed by atoms with Crippen LogP contribution >= 0.6 is 8.15 Å². The van der Waals surface area contributed by atoms with Gasteiger partial charge in [-0.3, -0.25) is 0 Å². The molecule has 0 radical (unpaired) electrons. The van der Waals surface area contributed by atoms with Gasteiger partial charge in [0.15, 0.2) is 0 Å². The van der Waals surface area contributed by atoms with Crippen LogP contribution in [0.4, 0.5) is 0 Å². The van der Waals surface area contributed by atoms with Crippen LogP contribution in [0.3, 0.4) is 0 Å². The van der Waals surface area contributed by atoms with Gasteiger partial charge in [-0.25, -0.2) is 0 Å². The summed E-state index contributed by atoms with van der Waals surface area (Å²) in [6, 6.07) is 0. The summed E-state index contributed by atoms with van der Waals surface area (Å²) in [5.41, 5.74) is 0. The van der Waals surface area contributed by atoms with Crippen molar-refractivity contribution >= 4 is 8.15 Å². The van der Waals surface area contributed by atoms with Crippen molar-refractivity contribution in [3.63, 3.8) is 0 Å². The normalized spacial score (nSPS) is 37.0. The van der Waals surface area contributed by atoms with Gasteiger partial charge in [-0.15, -0.1) is 12.3 Å². The molecule has 1 heterocycles. The molecule has 0 aromatic carbocycles. The Morgan fingerprint density at radius 3 is 2.88 bits per heavy atom. The molecule has 2 unspecified atom stereocenters. The number of rotatable bonds is 0. The SMILES string of the molecule is C#CC1COP(C)C1. The summed E-state index contributed by atoms with van der Waals surface area (Å²) in [7, 11) is -0.153. The average molecular weight is 128 g/mol. The van der Waals surface area contributed by atoms with Gasteiger partial charge in [-0.05, 0) is 6.66 Å². The van der Waals surface area contributed by atoms with Crippen molar-refractivity contribution in [1.29, 1.82) is 0 Å². The van der Waals surface area contributed by atoms with E-state index in [0.717, 1.165) is 12.8 Å². The molecule has 0 amide bonds. The van der Waals surface area contributed by atoms with E-state index in [2.05, 4.69) is 12.6 Å². The van der Waals surface area contributed by atoms with Gasteiger partial charge in [0.1, 0.15) is 0 Å². The second-order valence-electron chi connectivity index (χ2n) is 1.97. The highest BCUT2D eigenvalue weighted by Crippen LogP contribution is 2.40. The summed E-state index contributed by atoms with van der Waals surface area (Å²) in [6.45, 7) is 2.91. The van der Waals surface area contributed by atoms with E-state index in [1.54, 1.807) is 0 Å². The van der Waals surface area contributed by atoms with Gasteiger partial charge >= 0.3 is 0 Å². The van der Waals surface area contributed by atoms with Crippen molar-refractivity contribution < 1.29 is 4.52 Å². The number of terminal acetylenes is 1. The van der Waals surface area contributed by atoms with Crippen LogP contribution in [0, 0.1) is 18.3 Å². The standard InChI is InChI=1S/C6H9OP/c1-3-6-4-7-8(2)5-6/h1,6H,4-5H2,2H3. The van der Waals surface area contributed by atoms with E-state index >= 15 is 0 Å². The topological polar surface area (TPSA) is 9.23 Å². The summed E-state index contributed by atoms with van der Waals surface area (Å²) >= 11 is 0. The van der Waals surface area contributed by atoms with Crippen LogP contribution in [-0.2, 0) is 4.52 Å². The molecule has 0 aromatic rings. The summed E-state index contributed by atoms with van der Waals surface area (Å²) in [6.07, 6.45) is 6.28. The molecule has 1 aliphatic heterocycles. The van der Waals surface area contributed by atoms with Crippen LogP contribution in [0.5, 0.6) is 0 Å². The zero-order chi connectivity index (χ0) is 5.98. The highest BCUT2D eigenvalue weighted by molar-refractivity contribution is 7.51. The molecule has 0 spiro atoms. The zero-order valence-electron chi connectivity index (χ0n) is 4.92. The molecular formula is C6H9OP. The first-order valence-corrected chi connectivity index (χ1v) is 4.52. The van der Waals surface area contributed by atoms with Crippen LogP contribution in [0.1, 0.15) is 0 Å². The van der Waals surface area contributed by atoms with Gasteiger partial charge in [0.05, 0.1) is 6.61 Å².